The molecule has 0 saturated carbocycles. The number of rotatable bonds is 8. The van der Waals surface area contributed by atoms with E-state index in [1.54, 1.807) is 6.07 Å². The van der Waals surface area contributed by atoms with Crippen LogP contribution in [0.25, 0.3) is 4.96 Å². The zero-order chi connectivity index (χ0) is 20.9. The van der Waals surface area contributed by atoms with E-state index in [2.05, 4.69) is 22.3 Å². The number of para-hydroxylation sites is 1. The lowest BCUT2D eigenvalue weighted by molar-refractivity contribution is 0.103. The quantitative estimate of drug-likeness (QED) is 0.373. The third-order valence-corrected chi connectivity index (χ3v) is 7.28. The number of carbonyl (C=O) groups excluding carboxylic acids is 1. The second kappa shape index (κ2) is 9.55. The van der Waals surface area contributed by atoms with Gasteiger partial charge in [0.25, 0.3) is 11.5 Å². The van der Waals surface area contributed by atoms with Gasteiger partial charge in [0.2, 0.25) is 4.96 Å². The Morgan fingerprint density at radius 3 is 2.90 bits per heavy atom. The molecule has 0 fully saturated rings. The molecule has 4 aromatic rings. The molecule has 3 heterocycles. The normalized spacial score (nSPS) is 11.1. The van der Waals surface area contributed by atoms with Gasteiger partial charge < -0.3 is 5.32 Å². The van der Waals surface area contributed by atoms with Crippen LogP contribution in [0.4, 0.5) is 5.69 Å². The molecule has 0 aliphatic rings. The molecule has 0 saturated heterocycles. The molecule has 0 atom stereocenters. The van der Waals surface area contributed by atoms with Crippen molar-refractivity contribution < 1.29 is 4.79 Å². The van der Waals surface area contributed by atoms with Crippen LogP contribution in [0, 0.1) is 0 Å². The highest BCUT2D eigenvalue weighted by Crippen LogP contribution is 2.30. The molecular formula is C21H20N4O2S3. The van der Waals surface area contributed by atoms with E-state index in [-0.39, 0.29) is 11.5 Å². The number of unbranched alkanes of at least 4 members (excludes halogenated alkanes) is 1. The first-order chi connectivity index (χ1) is 14.6. The number of anilines is 1. The SMILES string of the molecule is CCCCc1nn2c(=O)cc(CSc3ccccc3NC(=O)c3cccs3)nc2s1. The van der Waals surface area contributed by atoms with E-state index >= 15 is 0 Å². The van der Waals surface area contributed by atoms with Gasteiger partial charge in [0.05, 0.1) is 16.3 Å². The van der Waals surface area contributed by atoms with Crippen LogP contribution in [0.1, 0.15) is 40.1 Å². The molecule has 30 heavy (non-hydrogen) atoms. The van der Waals surface area contributed by atoms with Crippen molar-refractivity contribution in [3.05, 3.63) is 73.8 Å². The fourth-order valence-corrected chi connectivity index (χ4v) is 5.32. The van der Waals surface area contributed by atoms with E-state index in [4.69, 9.17) is 0 Å². The highest BCUT2D eigenvalue weighted by Gasteiger charge is 2.12. The highest BCUT2D eigenvalue weighted by atomic mass is 32.2. The van der Waals surface area contributed by atoms with Crippen molar-refractivity contribution in [3.63, 3.8) is 0 Å². The summed E-state index contributed by atoms with van der Waals surface area (Å²) >= 11 is 4.42. The number of hydrogen-bond acceptors (Lipinski definition) is 7. The zero-order valence-corrected chi connectivity index (χ0v) is 18.8. The van der Waals surface area contributed by atoms with Crippen LogP contribution >= 0.6 is 34.4 Å². The molecular weight excluding hydrogens is 436 g/mol. The first kappa shape index (κ1) is 20.8. The molecule has 3 aromatic heterocycles. The molecule has 0 radical (unpaired) electrons. The number of benzene rings is 1. The minimum Gasteiger partial charge on any atom is -0.320 e. The minimum atomic E-state index is -0.158. The molecule has 0 aliphatic heterocycles. The second-order valence-electron chi connectivity index (χ2n) is 6.60. The van der Waals surface area contributed by atoms with E-state index < -0.39 is 0 Å². The third kappa shape index (κ3) is 4.80. The molecule has 4 rings (SSSR count). The first-order valence-electron chi connectivity index (χ1n) is 9.59. The molecule has 1 N–H and O–H groups in total. The smallest absolute Gasteiger partial charge is 0.275 e. The summed E-state index contributed by atoms with van der Waals surface area (Å²) in [4.78, 5) is 31.7. The number of aryl methyl sites for hydroxylation is 1. The maximum Gasteiger partial charge on any atom is 0.275 e. The van der Waals surface area contributed by atoms with Crippen LogP contribution in [-0.2, 0) is 12.2 Å². The first-order valence-corrected chi connectivity index (χ1v) is 12.3. The standard InChI is InChI=1S/C21H20N4O2S3/c1-2-3-10-18-24-25-19(26)12-14(22-21(25)30-18)13-29-16-8-5-4-7-15(16)23-20(27)17-9-6-11-28-17/h4-9,11-12H,2-3,10,13H2,1H3,(H,23,27). The summed E-state index contributed by atoms with van der Waals surface area (Å²) in [7, 11) is 0. The topological polar surface area (TPSA) is 76.4 Å². The molecule has 0 aliphatic carbocycles. The van der Waals surface area contributed by atoms with Crippen molar-refractivity contribution in [2.45, 2.75) is 36.8 Å². The fourth-order valence-electron chi connectivity index (χ4n) is 2.84. The Kier molecular flexibility index (Phi) is 6.61. The van der Waals surface area contributed by atoms with Gasteiger partial charge in [-0.2, -0.15) is 9.61 Å². The van der Waals surface area contributed by atoms with Crippen molar-refractivity contribution in [2.75, 3.05) is 5.32 Å². The van der Waals surface area contributed by atoms with Gasteiger partial charge in [-0.1, -0.05) is 42.9 Å². The molecule has 9 heteroatoms. The van der Waals surface area contributed by atoms with E-state index in [0.717, 1.165) is 34.9 Å². The fraction of sp³-hybridized carbons (Fsp3) is 0.238. The van der Waals surface area contributed by atoms with E-state index in [1.807, 2.05) is 35.7 Å². The number of carbonyl (C=O) groups is 1. The zero-order valence-electron chi connectivity index (χ0n) is 16.3. The van der Waals surface area contributed by atoms with Crippen molar-refractivity contribution in [3.8, 4) is 0 Å². The van der Waals surface area contributed by atoms with Crippen LogP contribution in [0.5, 0.6) is 0 Å². The summed E-state index contributed by atoms with van der Waals surface area (Å²) in [5.41, 5.74) is 1.29. The molecule has 0 spiro atoms. The molecule has 1 aromatic carbocycles. The molecule has 1 amide bonds. The predicted molar refractivity (Wildman–Crippen MR) is 124 cm³/mol. The number of fused-ring (bicyclic) bond motifs is 1. The van der Waals surface area contributed by atoms with Crippen LogP contribution in [-0.4, -0.2) is 20.5 Å². The Bertz CT molecular complexity index is 1210. The largest absolute Gasteiger partial charge is 0.320 e. The molecule has 154 valence electrons. The average molecular weight is 457 g/mol. The molecule has 0 bridgehead atoms. The van der Waals surface area contributed by atoms with Gasteiger partial charge in [-0.15, -0.1) is 23.1 Å². The average Bonchev–Trinajstić information content (AvgIpc) is 3.42. The van der Waals surface area contributed by atoms with Gasteiger partial charge >= 0.3 is 0 Å². The van der Waals surface area contributed by atoms with Crippen LogP contribution < -0.4 is 10.9 Å². The molecule has 0 unspecified atom stereocenters. The number of amides is 1. The number of hydrogen-bond donors (Lipinski definition) is 1. The summed E-state index contributed by atoms with van der Waals surface area (Å²) in [5, 5.41) is 10.2. The summed E-state index contributed by atoms with van der Waals surface area (Å²) in [6, 6.07) is 12.8. The van der Waals surface area contributed by atoms with Crippen molar-refractivity contribution >= 4 is 51.0 Å². The predicted octanol–water partition coefficient (Wildman–Crippen LogP) is 5.10. The van der Waals surface area contributed by atoms with Crippen LogP contribution in [0.2, 0.25) is 0 Å². The summed E-state index contributed by atoms with van der Waals surface area (Å²) in [6.07, 6.45) is 3.00. The van der Waals surface area contributed by atoms with Crippen LogP contribution in [0.15, 0.2) is 57.5 Å². The Balaban J connectivity index is 1.50. The lowest BCUT2D eigenvalue weighted by Gasteiger charge is -2.10. The third-order valence-electron chi connectivity index (χ3n) is 4.34. The lowest BCUT2D eigenvalue weighted by atomic mass is 10.3. The number of thioether (sulfide) groups is 1. The maximum absolute atomic E-state index is 12.4. The van der Waals surface area contributed by atoms with Crippen LogP contribution in [0.3, 0.4) is 0 Å². The van der Waals surface area contributed by atoms with Gasteiger partial charge in [-0.05, 0) is 30.0 Å². The molecule has 6 nitrogen and oxygen atoms in total. The van der Waals surface area contributed by atoms with Gasteiger partial charge in [0.1, 0.15) is 5.01 Å². The van der Waals surface area contributed by atoms with Gasteiger partial charge in [-0.25, -0.2) is 4.98 Å². The Morgan fingerprint density at radius 2 is 2.10 bits per heavy atom. The Morgan fingerprint density at radius 1 is 1.23 bits per heavy atom. The Hall–Kier alpha value is -2.49. The summed E-state index contributed by atoms with van der Waals surface area (Å²) in [6.45, 7) is 2.13. The lowest BCUT2D eigenvalue weighted by Crippen LogP contribution is -2.15. The van der Waals surface area contributed by atoms with Crippen molar-refractivity contribution in [1.82, 2.24) is 14.6 Å². The highest BCUT2D eigenvalue weighted by molar-refractivity contribution is 7.98. The number of thiophene rings is 1. The van der Waals surface area contributed by atoms with Crippen molar-refractivity contribution in [1.29, 1.82) is 0 Å². The summed E-state index contributed by atoms with van der Waals surface area (Å²) < 4.78 is 1.39. The monoisotopic (exact) mass is 456 g/mol. The number of nitrogens with zero attached hydrogens (tertiary/aromatic N) is 3. The van der Waals surface area contributed by atoms with Gasteiger partial charge in [0.15, 0.2) is 0 Å². The number of nitrogens with one attached hydrogen (secondary N) is 1. The van der Waals surface area contributed by atoms with Gasteiger partial charge in [0, 0.05) is 23.1 Å². The number of aromatic nitrogens is 3. The Labute approximate surface area is 186 Å². The minimum absolute atomic E-state index is 0.125. The summed E-state index contributed by atoms with van der Waals surface area (Å²) in [5.74, 6) is 0.403. The van der Waals surface area contributed by atoms with E-state index in [1.165, 1.54) is 45.0 Å². The second-order valence-corrected chi connectivity index (χ2v) is 9.60. The van der Waals surface area contributed by atoms with Crippen molar-refractivity contribution in [2.24, 2.45) is 0 Å². The van der Waals surface area contributed by atoms with E-state index in [0.29, 0.717) is 21.3 Å². The maximum atomic E-state index is 12.4. The van der Waals surface area contributed by atoms with Gasteiger partial charge in [-0.3, -0.25) is 9.59 Å². The van der Waals surface area contributed by atoms with E-state index in [9.17, 15) is 9.59 Å².